The fourth-order valence-corrected chi connectivity index (χ4v) is 1.97. The Labute approximate surface area is 126 Å². The Morgan fingerprint density at radius 2 is 1.95 bits per heavy atom. The normalized spacial score (nSPS) is 12.1. The molecule has 0 aliphatic carbocycles. The minimum absolute atomic E-state index is 0.129. The van der Waals surface area contributed by atoms with Gasteiger partial charge in [-0.05, 0) is 31.4 Å². The van der Waals surface area contributed by atoms with E-state index >= 15 is 0 Å². The van der Waals surface area contributed by atoms with Crippen LogP contribution in [0.5, 0.6) is 0 Å². The number of carbonyl (C=O) groups excluding carboxylic acids is 2. The molecule has 0 bridgehead atoms. The Morgan fingerprint density at radius 3 is 2.62 bits per heavy atom. The van der Waals surface area contributed by atoms with Crippen molar-refractivity contribution < 1.29 is 14.3 Å². The number of anilines is 1. The van der Waals surface area contributed by atoms with Gasteiger partial charge in [0.2, 0.25) is 5.91 Å². The highest BCUT2D eigenvalue weighted by molar-refractivity contribution is 6.02. The van der Waals surface area contributed by atoms with E-state index in [0.29, 0.717) is 0 Å². The number of benzene rings is 1. The molecular formula is C17H23NO3. The fourth-order valence-electron chi connectivity index (χ4n) is 1.97. The van der Waals surface area contributed by atoms with Crippen molar-refractivity contribution in [3.8, 4) is 0 Å². The van der Waals surface area contributed by atoms with Gasteiger partial charge in [0.25, 0.3) is 0 Å². The first-order chi connectivity index (χ1) is 10.1. The second-order valence-electron chi connectivity index (χ2n) is 4.87. The summed E-state index contributed by atoms with van der Waals surface area (Å²) in [5.41, 5.74) is 1.82. The van der Waals surface area contributed by atoms with Crippen molar-refractivity contribution in [1.29, 1.82) is 0 Å². The van der Waals surface area contributed by atoms with Gasteiger partial charge in [-0.25, -0.2) is 4.79 Å². The molecule has 0 heterocycles. The molecule has 1 N–H and O–H groups in total. The lowest BCUT2D eigenvalue weighted by Crippen LogP contribution is -2.14. The van der Waals surface area contributed by atoms with Gasteiger partial charge in [0.15, 0.2) is 0 Å². The van der Waals surface area contributed by atoms with E-state index in [9.17, 15) is 9.59 Å². The molecule has 1 unspecified atom stereocenters. The van der Waals surface area contributed by atoms with E-state index in [1.807, 2.05) is 45.0 Å². The highest BCUT2D eigenvalue weighted by Gasteiger charge is 2.07. The Bertz CT molecular complexity index is 509. The third-order valence-electron chi connectivity index (χ3n) is 3.04. The van der Waals surface area contributed by atoms with Crippen molar-refractivity contribution in [2.45, 2.75) is 46.1 Å². The lowest BCUT2D eigenvalue weighted by Gasteiger charge is -2.10. The summed E-state index contributed by atoms with van der Waals surface area (Å²) in [4.78, 5) is 23.3. The van der Waals surface area contributed by atoms with Crippen molar-refractivity contribution in [3.05, 3.63) is 42.0 Å². The van der Waals surface area contributed by atoms with Crippen molar-refractivity contribution in [2.24, 2.45) is 0 Å². The van der Waals surface area contributed by atoms with Gasteiger partial charge >= 0.3 is 5.97 Å². The van der Waals surface area contributed by atoms with E-state index in [1.54, 1.807) is 0 Å². The van der Waals surface area contributed by atoms with Crippen molar-refractivity contribution in [2.75, 3.05) is 5.32 Å². The van der Waals surface area contributed by atoms with Crippen LogP contribution >= 0.6 is 0 Å². The zero-order valence-electron chi connectivity index (χ0n) is 12.9. The van der Waals surface area contributed by atoms with E-state index in [2.05, 4.69) is 5.32 Å². The summed E-state index contributed by atoms with van der Waals surface area (Å²) in [5.74, 6) is -0.828. The molecular weight excluding hydrogens is 266 g/mol. The van der Waals surface area contributed by atoms with Crippen LogP contribution in [-0.4, -0.2) is 18.0 Å². The Hall–Kier alpha value is -2.10. The van der Waals surface area contributed by atoms with Gasteiger partial charge in [0.1, 0.15) is 0 Å². The zero-order chi connectivity index (χ0) is 15.7. The van der Waals surface area contributed by atoms with Crippen LogP contribution in [0.3, 0.4) is 0 Å². The van der Waals surface area contributed by atoms with Crippen LogP contribution in [-0.2, 0) is 20.7 Å². The van der Waals surface area contributed by atoms with Crippen molar-refractivity contribution in [3.63, 3.8) is 0 Å². The molecule has 1 rings (SSSR count). The molecule has 1 atom stereocenters. The first kappa shape index (κ1) is 17.0. The van der Waals surface area contributed by atoms with Gasteiger partial charge in [-0.15, -0.1) is 0 Å². The minimum atomic E-state index is -0.491. The molecule has 1 amide bonds. The predicted molar refractivity (Wildman–Crippen MR) is 84.1 cm³/mol. The molecule has 4 nitrogen and oxygen atoms in total. The number of amides is 1. The summed E-state index contributed by atoms with van der Waals surface area (Å²) in [5, 5.41) is 2.76. The number of para-hydroxylation sites is 1. The molecule has 0 saturated heterocycles. The molecule has 0 spiro atoms. The number of esters is 1. The predicted octanol–water partition coefficient (Wildman–Crippen LogP) is 3.48. The monoisotopic (exact) mass is 289 g/mol. The Kier molecular flexibility index (Phi) is 7.23. The summed E-state index contributed by atoms with van der Waals surface area (Å²) in [6.07, 6.45) is 4.83. The Morgan fingerprint density at radius 1 is 1.24 bits per heavy atom. The second kappa shape index (κ2) is 8.95. The summed E-state index contributed by atoms with van der Waals surface area (Å²) in [7, 11) is 0. The van der Waals surface area contributed by atoms with Gasteiger partial charge in [-0.1, -0.05) is 38.5 Å². The van der Waals surface area contributed by atoms with Gasteiger partial charge in [0, 0.05) is 17.8 Å². The number of aryl methyl sites for hydroxylation is 1. The number of hydrogen-bond acceptors (Lipinski definition) is 3. The maximum atomic E-state index is 11.8. The number of hydrogen-bond donors (Lipinski definition) is 1. The van der Waals surface area contributed by atoms with E-state index in [-0.39, 0.29) is 12.0 Å². The molecule has 21 heavy (non-hydrogen) atoms. The van der Waals surface area contributed by atoms with Crippen LogP contribution in [0, 0.1) is 0 Å². The molecule has 1 aromatic carbocycles. The average Bonchev–Trinajstić information content (AvgIpc) is 2.46. The molecule has 114 valence electrons. The fraction of sp³-hybridized carbons (Fsp3) is 0.412. The number of carbonyl (C=O) groups is 2. The lowest BCUT2D eigenvalue weighted by molar-refractivity contribution is -0.142. The molecule has 0 aliphatic rings. The quantitative estimate of drug-likeness (QED) is 0.617. The molecule has 1 aromatic rings. The van der Waals surface area contributed by atoms with Crippen LogP contribution in [0.1, 0.15) is 39.2 Å². The van der Waals surface area contributed by atoms with Crippen molar-refractivity contribution in [1.82, 2.24) is 0 Å². The largest absolute Gasteiger partial charge is 0.460 e. The zero-order valence-corrected chi connectivity index (χ0v) is 12.9. The van der Waals surface area contributed by atoms with E-state index in [1.165, 1.54) is 6.08 Å². The first-order valence-corrected chi connectivity index (χ1v) is 7.34. The maximum Gasteiger partial charge on any atom is 0.331 e. The highest BCUT2D eigenvalue weighted by atomic mass is 16.5. The summed E-state index contributed by atoms with van der Waals surface area (Å²) in [6, 6.07) is 7.59. The second-order valence-corrected chi connectivity index (χ2v) is 4.87. The van der Waals surface area contributed by atoms with E-state index in [0.717, 1.165) is 36.6 Å². The number of nitrogens with one attached hydrogen (secondary N) is 1. The number of rotatable bonds is 7. The SMILES string of the molecule is CCCC(C)OC(=O)/C=C/C(=O)Nc1ccccc1CC. The summed E-state index contributed by atoms with van der Waals surface area (Å²) in [6.45, 7) is 5.89. The first-order valence-electron chi connectivity index (χ1n) is 7.34. The average molecular weight is 289 g/mol. The van der Waals surface area contributed by atoms with E-state index in [4.69, 9.17) is 4.74 Å². The topological polar surface area (TPSA) is 55.4 Å². The molecule has 0 aromatic heterocycles. The van der Waals surface area contributed by atoms with Crippen LogP contribution in [0.2, 0.25) is 0 Å². The maximum absolute atomic E-state index is 11.8. The third-order valence-corrected chi connectivity index (χ3v) is 3.04. The standard InChI is InChI=1S/C17H23NO3/c1-4-8-13(3)21-17(20)12-11-16(19)18-15-10-7-6-9-14(15)5-2/h6-7,9-13H,4-5,8H2,1-3H3,(H,18,19)/b12-11+. The summed E-state index contributed by atoms with van der Waals surface area (Å²) >= 11 is 0. The molecule has 4 heteroatoms. The molecule has 0 saturated carbocycles. The van der Waals surface area contributed by atoms with Crippen LogP contribution in [0.4, 0.5) is 5.69 Å². The van der Waals surface area contributed by atoms with E-state index < -0.39 is 5.97 Å². The molecule has 0 fully saturated rings. The van der Waals surface area contributed by atoms with Crippen LogP contribution in [0.15, 0.2) is 36.4 Å². The van der Waals surface area contributed by atoms with Crippen LogP contribution in [0.25, 0.3) is 0 Å². The molecule has 0 radical (unpaired) electrons. The smallest absolute Gasteiger partial charge is 0.331 e. The lowest BCUT2D eigenvalue weighted by atomic mass is 10.1. The number of ether oxygens (including phenoxy) is 1. The minimum Gasteiger partial charge on any atom is -0.460 e. The summed E-state index contributed by atoms with van der Waals surface area (Å²) < 4.78 is 5.13. The van der Waals surface area contributed by atoms with Crippen LogP contribution < -0.4 is 5.32 Å². The molecule has 0 aliphatic heterocycles. The highest BCUT2D eigenvalue weighted by Crippen LogP contribution is 2.15. The van der Waals surface area contributed by atoms with Gasteiger partial charge < -0.3 is 10.1 Å². The van der Waals surface area contributed by atoms with Crippen molar-refractivity contribution >= 4 is 17.6 Å². The van der Waals surface area contributed by atoms with Gasteiger partial charge in [0.05, 0.1) is 6.10 Å². The van der Waals surface area contributed by atoms with Gasteiger partial charge in [-0.3, -0.25) is 4.79 Å². The third kappa shape index (κ3) is 6.25. The van der Waals surface area contributed by atoms with Gasteiger partial charge in [-0.2, -0.15) is 0 Å². The Balaban J connectivity index is 2.53.